The van der Waals surface area contributed by atoms with E-state index in [4.69, 9.17) is 0 Å². The Kier molecular flexibility index (Phi) is 4.66. The number of halogens is 3. The summed E-state index contributed by atoms with van der Waals surface area (Å²) >= 11 is 1.44. The molecule has 112 valence electrons. The normalized spacial score (nSPS) is 19.4. The Bertz CT molecular complexity index is 450. The number of aliphatic hydroxyl groups is 1. The molecule has 0 aromatic carbocycles. The highest BCUT2D eigenvalue weighted by atomic mass is 32.1. The monoisotopic (exact) mass is 308 g/mol. The quantitative estimate of drug-likeness (QED) is 0.921. The summed E-state index contributed by atoms with van der Waals surface area (Å²) in [6, 6.07) is 3.67. The van der Waals surface area contributed by atoms with E-state index in [0.29, 0.717) is 13.1 Å². The maximum absolute atomic E-state index is 12.1. The second kappa shape index (κ2) is 6.11. The van der Waals surface area contributed by atoms with Crippen LogP contribution in [0.15, 0.2) is 17.5 Å². The van der Waals surface area contributed by atoms with Crippen LogP contribution in [0.1, 0.15) is 6.42 Å². The molecule has 0 saturated carbocycles. The van der Waals surface area contributed by atoms with Gasteiger partial charge in [-0.1, -0.05) is 0 Å². The Balaban J connectivity index is 1.85. The van der Waals surface area contributed by atoms with E-state index in [-0.39, 0.29) is 19.0 Å². The van der Waals surface area contributed by atoms with E-state index in [1.54, 1.807) is 9.80 Å². The van der Waals surface area contributed by atoms with Crippen molar-refractivity contribution in [2.45, 2.75) is 18.7 Å². The Labute approximate surface area is 118 Å². The molecule has 0 bridgehead atoms. The molecule has 1 N–H and O–H groups in total. The lowest BCUT2D eigenvalue weighted by Gasteiger charge is -2.34. The third-order valence-corrected chi connectivity index (χ3v) is 3.90. The molecular formula is C12H15F3N2O2S. The molecule has 8 heteroatoms. The molecule has 1 amide bonds. The fraction of sp³-hybridized carbons (Fsp3) is 0.583. The van der Waals surface area contributed by atoms with Crippen molar-refractivity contribution in [2.24, 2.45) is 0 Å². The number of β-amino-alcohol motifs (C(OH)–C–C–N with tert-alkyl or cyclic N) is 1. The van der Waals surface area contributed by atoms with Gasteiger partial charge in [0.05, 0.1) is 24.1 Å². The van der Waals surface area contributed by atoms with E-state index in [2.05, 4.69) is 0 Å². The highest BCUT2D eigenvalue weighted by Gasteiger charge is 2.33. The minimum Gasteiger partial charge on any atom is -0.391 e. The van der Waals surface area contributed by atoms with E-state index >= 15 is 0 Å². The number of thiophene rings is 1. The molecule has 20 heavy (non-hydrogen) atoms. The largest absolute Gasteiger partial charge is 0.391 e. The molecule has 1 fully saturated rings. The second-order valence-corrected chi connectivity index (χ2v) is 5.63. The number of carbonyl (C=O) groups excluding carboxylic acids is 1. The van der Waals surface area contributed by atoms with Crippen LogP contribution in [0.3, 0.4) is 0 Å². The van der Waals surface area contributed by atoms with Crippen LogP contribution < -0.4 is 4.90 Å². The number of aliphatic hydroxyl groups excluding tert-OH is 1. The lowest BCUT2D eigenvalue weighted by atomic mass is 10.2. The lowest BCUT2D eigenvalue weighted by molar-refractivity contribution is -0.155. The first-order valence-electron chi connectivity index (χ1n) is 6.16. The highest BCUT2D eigenvalue weighted by molar-refractivity contribution is 7.14. The van der Waals surface area contributed by atoms with Gasteiger partial charge < -0.3 is 10.0 Å². The third kappa shape index (κ3) is 4.19. The molecule has 0 spiro atoms. The van der Waals surface area contributed by atoms with Crippen molar-refractivity contribution in [1.82, 2.24) is 4.90 Å². The van der Waals surface area contributed by atoms with E-state index in [9.17, 15) is 23.1 Å². The number of amides is 1. The SMILES string of the molecule is O=C1CN(C[C@@H](O)CC(F)(F)F)CCN1c1cccs1. The zero-order chi connectivity index (χ0) is 14.8. The van der Waals surface area contributed by atoms with Gasteiger partial charge in [-0.15, -0.1) is 11.3 Å². The zero-order valence-electron chi connectivity index (χ0n) is 10.6. The number of hydrogen-bond acceptors (Lipinski definition) is 4. The summed E-state index contributed by atoms with van der Waals surface area (Å²) in [6.45, 7) is 0.785. The summed E-state index contributed by atoms with van der Waals surface area (Å²) in [5.41, 5.74) is 0. The summed E-state index contributed by atoms with van der Waals surface area (Å²) in [5, 5.41) is 12.1. The fourth-order valence-electron chi connectivity index (χ4n) is 2.16. The van der Waals surface area contributed by atoms with Gasteiger partial charge in [0.1, 0.15) is 0 Å². The summed E-state index contributed by atoms with van der Waals surface area (Å²) in [5.74, 6) is -0.155. The molecular weight excluding hydrogens is 293 g/mol. The average molecular weight is 308 g/mol. The maximum atomic E-state index is 12.1. The topological polar surface area (TPSA) is 43.8 Å². The fourth-order valence-corrected chi connectivity index (χ4v) is 2.94. The summed E-state index contributed by atoms with van der Waals surface area (Å²) in [4.78, 5) is 15.1. The first-order chi connectivity index (χ1) is 9.35. The van der Waals surface area contributed by atoms with Crippen LogP contribution in [-0.2, 0) is 4.79 Å². The molecule has 2 rings (SSSR count). The van der Waals surface area contributed by atoms with Crippen molar-refractivity contribution >= 4 is 22.2 Å². The van der Waals surface area contributed by atoms with Crippen LogP contribution in [0.4, 0.5) is 18.2 Å². The van der Waals surface area contributed by atoms with Gasteiger partial charge in [-0.25, -0.2) is 0 Å². The van der Waals surface area contributed by atoms with Crippen LogP contribution in [0, 0.1) is 0 Å². The molecule has 1 saturated heterocycles. The Morgan fingerprint density at radius 2 is 2.15 bits per heavy atom. The minimum atomic E-state index is -4.39. The second-order valence-electron chi connectivity index (χ2n) is 4.70. The number of piperazine rings is 1. The van der Waals surface area contributed by atoms with Gasteiger partial charge in [0, 0.05) is 19.6 Å². The van der Waals surface area contributed by atoms with Crippen molar-refractivity contribution < 1.29 is 23.1 Å². The predicted molar refractivity (Wildman–Crippen MR) is 69.8 cm³/mol. The molecule has 2 heterocycles. The van der Waals surface area contributed by atoms with E-state index in [1.165, 1.54) is 11.3 Å². The van der Waals surface area contributed by atoms with Crippen molar-refractivity contribution in [3.63, 3.8) is 0 Å². The lowest BCUT2D eigenvalue weighted by Crippen LogP contribution is -2.52. The van der Waals surface area contributed by atoms with Crippen molar-refractivity contribution in [3.8, 4) is 0 Å². The maximum Gasteiger partial charge on any atom is 0.391 e. The molecule has 1 aliphatic heterocycles. The van der Waals surface area contributed by atoms with Crippen LogP contribution in [0.2, 0.25) is 0 Å². The van der Waals surface area contributed by atoms with Crippen molar-refractivity contribution in [1.29, 1.82) is 0 Å². The number of carbonyl (C=O) groups is 1. The number of nitrogens with zero attached hydrogens (tertiary/aromatic N) is 2. The predicted octanol–water partition coefficient (Wildman–Crippen LogP) is 1.71. The molecule has 0 unspecified atom stereocenters. The first-order valence-corrected chi connectivity index (χ1v) is 7.04. The van der Waals surface area contributed by atoms with Crippen LogP contribution in [0.25, 0.3) is 0 Å². The zero-order valence-corrected chi connectivity index (χ0v) is 11.5. The molecule has 0 aliphatic carbocycles. The molecule has 0 radical (unpaired) electrons. The number of hydrogen-bond donors (Lipinski definition) is 1. The van der Waals surface area contributed by atoms with Crippen molar-refractivity contribution in [2.75, 3.05) is 31.1 Å². The number of rotatable bonds is 4. The first kappa shape index (κ1) is 15.3. The van der Waals surface area contributed by atoms with Gasteiger partial charge in [0.25, 0.3) is 0 Å². The Morgan fingerprint density at radius 1 is 1.40 bits per heavy atom. The van der Waals surface area contributed by atoms with Crippen LogP contribution in [-0.4, -0.2) is 54.4 Å². The van der Waals surface area contributed by atoms with E-state index < -0.39 is 18.7 Å². The number of anilines is 1. The Morgan fingerprint density at radius 3 is 2.70 bits per heavy atom. The Hall–Kier alpha value is -1.12. The summed E-state index contributed by atoms with van der Waals surface area (Å²) in [6.07, 6.45) is -7.12. The summed E-state index contributed by atoms with van der Waals surface area (Å²) in [7, 11) is 0. The van der Waals surface area contributed by atoms with Crippen LogP contribution in [0.5, 0.6) is 0 Å². The van der Waals surface area contributed by atoms with Gasteiger partial charge >= 0.3 is 6.18 Å². The number of alkyl halides is 3. The molecule has 4 nitrogen and oxygen atoms in total. The minimum absolute atomic E-state index is 0.0345. The van der Waals surface area contributed by atoms with Gasteiger partial charge in [-0.3, -0.25) is 9.69 Å². The molecule has 1 aromatic rings. The van der Waals surface area contributed by atoms with Crippen LogP contribution >= 0.6 is 11.3 Å². The summed E-state index contributed by atoms with van der Waals surface area (Å²) < 4.78 is 36.4. The smallest absolute Gasteiger partial charge is 0.391 e. The standard InChI is InChI=1S/C12H15F3N2O2S/c13-12(14,15)6-9(18)7-16-3-4-17(10(19)8-16)11-2-1-5-20-11/h1-2,5,9,18H,3-4,6-8H2/t9-/m0/s1. The molecule has 1 atom stereocenters. The van der Waals surface area contributed by atoms with E-state index in [1.807, 2.05) is 17.5 Å². The van der Waals surface area contributed by atoms with Crippen molar-refractivity contribution in [3.05, 3.63) is 17.5 Å². The van der Waals surface area contributed by atoms with Gasteiger partial charge in [0.2, 0.25) is 5.91 Å². The van der Waals surface area contributed by atoms with Gasteiger partial charge in [0.15, 0.2) is 0 Å². The molecule has 1 aromatic heterocycles. The van der Waals surface area contributed by atoms with Gasteiger partial charge in [-0.2, -0.15) is 13.2 Å². The van der Waals surface area contributed by atoms with Gasteiger partial charge in [-0.05, 0) is 17.5 Å². The van der Waals surface area contributed by atoms with E-state index in [0.717, 1.165) is 5.00 Å². The third-order valence-electron chi connectivity index (χ3n) is 3.01. The molecule has 1 aliphatic rings. The average Bonchev–Trinajstić information content (AvgIpc) is 2.79. The highest BCUT2D eigenvalue weighted by Crippen LogP contribution is 2.24.